The number of hydrogen-bond donors (Lipinski definition) is 0. The zero-order valence-corrected chi connectivity index (χ0v) is 9.19. The van der Waals surface area contributed by atoms with Crippen molar-refractivity contribution in [3.63, 3.8) is 0 Å². The number of carbonyl (C=O) groups is 1. The van der Waals surface area contributed by atoms with Gasteiger partial charge in [-0.05, 0) is 18.9 Å². The Bertz CT molecular complexity index is 353. The molecule has 0 N–H and O–H groups in total. The summed E-state index contributed by atoms with van der Waals surface area (Å²) < 4.78 is 5.27. The lowest BCUT2D eigenvalue weighted by atomic mass is 9.91. The highest BCUT2D eigenvalue weighted by Crippen LogP contribution is 2.33. The van der Waals surface area contributed by atoms with Crippen molar-refractivity contribution in [3.05, 3.63) is 35.4 Å². The molecule has 1 saturated heterocycles. The second-order valence-corrected chi connectivity index (χ2v) is 4.16. The van der Waals surface area contributed by atoms with Crippen LogP contribution in [0.15, 0.2) is 24.3 Å². The third-order valence-electron chi connectivity index (χ3n) is 3.03. The fourth-order valence-electron chi connectivity index (χ4n) is 2.12. The summed E-state index contributed by atoms with van der Waals surface area (Å²) in [5, 5.41) is 0. The summed E-state index contributed by atoms with van der Waals surface area (Å²) in [6.45, 7) is 4.13. The molecular formula is C13H16O2. The molecular weight excluding hydrogens is 188 g/mol. The van der Waals surface area contributed by atoms with Crippen molar-refractivity contribution in [2.24, 2.45) is 0 Å². The van der Waals surface area contributed by atoms with Gasteiger partial charge in [0.25, 0.3) is 0 Å². The molecule has 2 nitrogen and oxygen atoms in total. The highest BCUT2D eigenvalue weighted by Gasteiger charge is 2.34. The molecule has 1 aliphatic rings. The van der Waals surface area contributed by atoms with Gasteiger partial charge in [0.05, 0.1) is 6.42 Å². The monoisotopic (exact) mass is 204 g/mol. The lowest BCUT2D eigenvalue weighted by Gasteiger charge is -2.15. The Hall–Kier alpha value is -1.31. The van der Waals surface area contributed by atoms with Gasteiger partial charge >= 0.3 is 5.97 Å². The van der Waals surface area contributed by atoms with Gasteiger partial charge in [-0.25, -0.2) is 0 Å². The van der Waals surface area contributed by atoms with E-state index in [1.807, 2.05) is 0 Å². The quantitative estimate of drug-likeness (QED) is 0.692. The number of benzene rings is 1. The van der Waals surface area contributed by atoms with E-state index < -0.39 is 0 Å². The summed E-state index contributed by atoms with van der Waals surface area (Å²) in [4.78, 5) is 11.2. The molecule has 1 heterocycles. The van der Waals surface area contributed by atoms with E-state index in [1.54, 1.807) is 0 Å². The van der Waals surface area contributed by atoms with E-state index >= 15 is 0 Å². The average molecular weight is 204 g/mol. The molecule has 80 valence electrons. The van der Waals surface area contributed by atoms with Crippen LogP contribution in [-0.2, 0) is 9.53 Å². The van der Waals surface area contributed by atoms with Gasteiger partial charge in [-0.3, -0.25) is 4.79 Å². The fourth-order valence-corrected chi connectivity index (χ4v) is 2.12. The Morgan fingerprint density at radius 2 is 2.00 bits per heavy atom. The van der Waals surface area contributed by atoms with Crippen molar-refractivity contribution in [3.8, 4) is 0 Å². The first-order valence-corrected chi connectivity index (χ1v) is 5.46. The number of rotatable bonds is 2. The first-order valence-electron chi connectivity index (χ1n) is 5.46. The second-order valence-electron chi connectivity index (χ2n) is 4.16. The number of esters is 1. The molecule has 2 atom stereocenters. The van der Waals surface area contributed by atoms with E-state index in [9.17, 15) is 4.79 Å². The largest absolute Gasteiger partial charge is 0.462 e. The molecule has 1 aromatic rings. The summed E-state index contributed by atoms with van der Waals surface area (Å²) in [6.07, 6.45) is 1.49. The second kappa shape index (κ2) is 4.05. The lowest BCUT2D eigenvalue weighted by molar-refractivity contribution is -0.141. The van der Waals surface area contributed by atoms with Gasteiger partial charge < -0.3 is 4.74 Å². The SMILES string of the molecule is CC[C@H]1OC(=O)C[C@H]1c1ccc(C)cc1. The predicted molar refractivity (Wildman–Crippen MR) is 58.7 cm³/mol. The van der Waals surface area contributed by atoms with Crippen molar-refractivity contribution in [1.82, 2.24) is 0 Å². The van der Waals surface area contributed by atoms with Crippen LogP contribution in [0.25, 0.3) is 0 Å². The Morgan fingerprint density at radius 3 is 2.60 bits per heavy atom. The van der Waals surface area contributed by atoms with E-state index in [0.29, 0.717) is 6.42 Å². The maximum atomic E-state index is 11.2. The van der Waals surface area contributed by atoms with Crippen LogP contribution in [0, 0.1) is 6.92 Å². The molecule has 1 aliphatic heterocycles. The third-order valence-corrected chi connectivity index (χ3v) is 3.03. The van der Waals surface area contributed by atoms with Crippen molar-refractivity contribution >= 4 is 5.97 Å². The number of cyclic esters (lactones) is 1. The predicted octanol–water partition coefficient (Wildman–Crippen LogP) is 2.80. The van der Waals surface area contributed by atoms with E-state index in [0.717, 1.165) is 6.42 Å². The van der Waals surface area contributed by atoms with Gasteiger partial charge in [0.1, 0.15) is 6.10 Å². The highest BCUT2D eigenvalue weighted by atomic mass is 16.5. The van der Waals surface area contributed by atoms with Crippen LogP contribution >= 0.6 is 0 Å². The number of carbonyl (C=O) groups excluding carboxylic acids is 1. The van der Waals surface area contributed by atoms with Gasteiger partial charge in [0.15, 0.2) is 0 Å². The smallest absolute Gasteiger partial charge is 0.306 e. The molecule has 1 fully saturated rings. The highest BCUT2D eigenvalue weighted by molar-refractivity contribution is 5.73. The zero-order valence-electron chi connectivity index (χ0n) is 9.19. The minimum Gasteiger partial charge on any atom is -0.462 e. The molecule has 0 unspecified atom stereocenters. The molecule has 0 bridgehead atoms. The molecule has 15 heavy (non-hydrogen) atoms. The normalized spacial score (nSPS) is 25.3. The van der Waals surface area contributed by atoms with Crippen LogP contribution < -0.4 is 0 Å². The van der Waals surface area contributed by atoms with E-state index in [2.05, 4.69) is 38.1 Å². The molecule has 0 amide bonds. The van der Waals surface area contributed by atoms with Crippen LogP contribution in [-0.4, -0.2) is 12.1 Å². The summed E-state index contributed by atoms with van der Waals surface area (Å²) in [6, 6.07) is 8.38. The minimum absolute atomic E-state index is 0.0626. The van der Waals surface area contributed by atoms with Crippen LogP contribution in [0.2, 0.25) is 0 Å². The molecule has 2 heteroatoms. The Balaban J connectivity index is 2.22. The third kappa shape index (κ3) is 2.04. The first kappa shape index (κ1) is 10.2. The van der Waals surface area contributed by atoms with Gasteiger partial charge in [-0.15, -0.1) is 0 Å². The summed E-state index contributed by atoms with van der Waals surface area (Å²) in [5.74, 6) is 0.190. The van der Waals surface area contributed by atoms with Crippen LogP contribution in [0.1, 0.15) is 36.8 Å². The van der Waals surface area contributed by atoms with Crippen LogP contribution in [0.4, 0.5) is 0 Å². The van der Waals surface area contributed by atoms with Crippen molar-refractivity contribution in [2.45, 2.75) is 38.7 Å². The Morgan fingerprint density at radius 1 is 1.33 bits per heavy atom. The zero-order chi connectivity index (χ0) is 10.8. The van der Waals surface area contributed by atoms with Gasteiger partial charge in [0.2, 0.25) is 0 Å². The van der Waals surface area contributed by atoms with Crippen LogP contribution in [0.3, 0.4) is 0 Å². The number of hydrogen-bond acceptors (Lipinski definition) is 2. The maximum absolute atomic E-state index is 11.2. The summed E-state index contributed by atoms with van der Waals surface area (Å²) >= 11 is 0. The van der Waals surface area contributed by atoms with Crippen molar-refractivity contribution in [1.29, 1.82) is 0 Å². The van der Waals surface area contributed by atoms with E-state index in [1.165, 1.54) is 11.1 Å². The Labute approximate surface area is 90.3 Å². The maximum Gasteiger partial charge on any atom is 0.306 e. The van der Waals surface area contributed by atoms with Crippen molar-refractivity contribution in [2.75, 3.05) is 0 Å². The van der Waals surface area contributed by atoms with Crippen molar-refractivity contribution < 1.29 is 9.53 Å². The van der Waals surface area contributed by atoms with Gasteiger partial charge in [0, 0.05) is 5.92 Å². The molecule has 2 rings (SSSR count). The minimum atomic E-state index is -0.0626. The molecule has 0 aromatic heterocycles. The molecule has 0 aliphatic carbocycles. The van der Waals surface area contributed by atoms with E-state index in [4.69, 9.17) is 4.74 Å². The van der Waals surface area contributed by atoms with E-state index in [-0.39, 0.29) is 18.0 Å². The topological polar surface area (TPSA) is 26.3 Å². The molecule has 1 aromatic carbocycles. The number of aryl methyl sites for hydroxylation is 1. The van der Waals surface area contributed by atoms with Crippen LogP contribution in [0.5, 0.6) is 0 Å². The molecule has 0 spiro atoms. The Kier molecular flexibility index (Phi) is 2.76. The average Bonchev–Trinajstić information content (AvgIpc) is 2.61. The standard InChI is InChI=1S/C13H16O2/c1-3-12-11(8-13(14)15-12)10-6-4-9(2)5-7-10/h4-7,11-12H,3,8H2,1-2H3/t11-,12+/m0/s1. The van der Waals surface area contributed by atoms with Gasteiger partial charge in [-0.1, -0.05) is 36.8 Å². The molecule has 0 radical (unpaired) electrons. The first-order chi connectivity index (χ1) is 7.20. The summed E-state index contributed by atoms with van der Waals surface area (Å²) in [5.41, 5.74) is 2.47. The summed E-state index contributed by atoms with van der Waals surface area (Å²) in [7, 11) is 0. The number of ether oxygens (including phenoxy) is 1. The fraction of sp³-hybridized carbons (Fsp3) is 0.462. The molecule has 0 saturated carbocycles. The lowest BCUT2D eigenvalue weighted by Crippen LogP contribution is -2.12. The van der Waals surface area contributed by atoms with Gasteiger partial charge in [-0.2, -0.15) is 0 Å².